The van der Waals surface area contributed by atoms with Gasteiger partial charge in [0.25, 0.3) is 0 Å². The van der Waals surface area contributed by atoms with Crippen molar-refractivity contribution < 1.29 is 4.74 Å². The van der Waals surface area contributed by atoms with Gasteiger partial charge in [0.2, 0.25) is 0 Å². The van der Waals surface area contributed by atoms with Crippen molar-refractivity contribution in [3.63, 3.8) is 0 Å². The number of fused-ring (bicyclic) bond motifs is 2. The van der Waals surface area contributed by atoms with E-state index < -0.39 is 0 Å². The lowest BCUT2D eigenvalue weighted by atomic mass is 9.65. The highest BCUT2D eigenvalue weighted by molar-refractivity contribution is 7.18. The number of rotatable bonds is 6. The van der Waals surface area contributed by atoms with Crippen molar-refractivity contribution in [1.29, 1.82) is 0 Å². The Kier molecular flexibility index (Phi) is 4.69. The molecule has 0 amide bonds. The molecule has 0 aliphatic heterocycles. The highest BCUT2D eigenvalue weighted by Crippen LogP contribution is 2.61. The van der Waals surface area contributed by atoms with Crippen LogP contribution < -0.4 is 0 Å². The van der Waals surface area contributed by atoms with Gasteiger partial charge < -0.3 is 4.74 Å². The minimum absolute atomic E-state index is 0.0297. The van der Waals surface area contributed by atoms with E-state index >= 15 is 0 Å². The molecule has 2 rings (SSSR count). The zero-order chi connectivity index (χ0) is 14.3. The highest BCUT2D eigenvalue weighted by Gasteiger charge is 2.55. The summed E-state index contributed by atoms with van der Waals surface area (Å²) in [5.74, 6) is 2.59. The van der Waals surface area contributed by atoms with Gasteiger partial charge in [-0.05, 0) is 55.3 Å². The van der Waals surface area contributed by atoms with E-state index in [1.165, 1.54) is 25.7 Å². The van der Waals surface area contributed by atoms with Crippen molar-refractivity contribution in [3.05, 3.63) is 0 Å². The highest BCUT2D eigenvalue weighted by atomic mass is 31.0. The number of ether oxygens (including phenoxy) is 1. The summed E-state index contributed by atoms with van der Waals surface area (Å²) >= 11 is 0. The zero-order valence-corrected chi connectivity index (χ0v) is 14.7. The van der Waals surface area contributed by atoms with Crippen LogP contribution in [0.1, 0.15) is 73.1 Å². The van der Waals surface area contributed by atoms with E-state index in [9.17, 15) is 0 Å². The minimum atomic E-state index is 0.0297. The van der Waals surface area contributed by atoms with Crippen molar-refractivity contribution in [2.45, 2.75) is 84.6 Å². The fraction of sp³-hybridized carbons (Fsp3) is 1.00. The van der Waals surface area contributed by atoms with Crippen LogP contribution in [0.4, 0.5) is 0 Å². The molecule has 0 aromatic heterocycles. The van der Waals surface area contributed by atoms with Gasteiger partial charge in [-0.3, -0.25) is 0 Å². The summed E-state index contributed by atoms with van der Waals surface area (Å²) in [5, 5.41) is 0.0297. The Balaban J connectivity index is 2.00. The second-order valence-electron chi connectivity index (χ2n) is 7.38. The lowest BCUT2D eigenvalue weighted by molar-refractivity contribution is -0.0825. The van der Waals surface area contributed by atoms with Gasteiger partial charge >= 0.3 is 0 Å². The van der Waals surface area contributed by atoms with E-state index in [1.807, 2.05) is 0 Å². The summed E-state index contributed by atoms with van der Waals surface area (Å²) < 4.78 is 6.50. The van der Waals surface area contributed by atoms with Crippen molar-refractivity contribution in [1.82, 2.24) is 0 Å². The topological polar surface area (TPSA) is 9.23 Å². The van der Waals surface area contributed by atoms with Crippen molar-refractivity contribution in [2.75, 3.05) is 0 Å². The largest absolute Gasteiger partial charge is 0.368 e. The Hall–Kier alpha value is 0.390. The van der Waals surface area contributed by atoms with Crippen molar-refractivity contribution in [3.8, 4) is 0 Å². The third-order valence-electron chi connectivity index (χ3n) is 6.59. The zero-order valence-electron chi connectivity index (χ0n) is 13.5. The molecule has 2 heteroatoms. The average Bonchev–Trinajstić information content (AvgIpc) is 2.95. The van der Waals surface area contributed by atoms with Crippen LogP contribution in [-0.4, -0.2) is 11.4 Å². The molecular formula is C17H33OP. The lowest BCUT2D eigenvalue weighted by Gasteiger charge is -2.43. The normalized spacial score (nSPS) is 39.8. The molecule has 2 fully saturated rings. The van der Waals surface area contributed by atoms with Gasteiger partial charge in [0, 0.05) is 0 Å². The molecule has 0 heterocycles. The van der Waals surface area contributed by atoms with Crippen LogP contribution in [0, 0.1) is 23.2 Å². The van der Waals surface area contributed by atoms with Gasteiger partial charge in [0.1, 0.15) is 0 Å². The molecular weight excluding hydrogens is 251 g/mol. The van der Waals surface area contributed by atoms with Gasteiger partial charge in [0.05, 0.1) is 11.4 Å². The molecule has 2 aliphatic rings. The molecule has 6 unspecified atom stereocenters. The predicted molar refractivity (Wildman–Crippen MR) is 86.3 cm³/mol. The van der Waals surface area contributed by atoms with Gasteiger partial charge in [-0.25, -0.2) is 0 Å². The molecule has 0 radical (unpaired) electrons. The third-order valence-corrected chi connectivity index (χ3v) is 7.54. The number of hydrogen-bond donors (Lipinski definition) is 0. The predicted octanol–water partition coefficient (Wildman–Crippen LogP) is 5.25. The van der Waals surface area contributed by atoms with Crippen molar-refractivity contribution in [2.24, 2.45) is 23.2 Å². The fourth-order valence-corrected chi connectivity index (χ4v) is 4.68. The van der Waals surface area contributed by atoms with Crippen LogP contribution in [0.25, 0.3) is 0 Å². The number of hydrogen-bond acceptors (Lipinski definition) is 1. The third kappa shape index (κ3) is 2.75. The quantitative estimate of drug-likeness (QED) is 0.606. The molecule has 1 nitrogen and oxygen atoms in total. The van der Waals surface area contributed by atoms with E-state index in [0.29, 0.717) is 11.5 Å². The maximum absolute atomic E-state index is 6.50. The maximum atomic E-state index is 6.50. The Morgan fingerprint density at radius 2 is 1.89 bits per heavy atom. The van der Waals surface area contributed by atoms with Gasteiger partial charge in [0.15, 0.2) is 0 Å². The van der Waals surface area contributed by atoms with Crippen LogP contribution in [0.3, 0.4) is 0 Å². The first kappa shape index (κ1) is 15.8. The SMILES string of the molecule is CCC(C)C1(C)CC2CC1CC2OC(P)(CC)CC. The summed E-state index contributed by atoms with van der Waals surface area (Å²) in [6, 6.07) is 0. The molecule has 0 N–H and O–H groups in total. The van der Waals surface area contributed by atoms with Crippen LogP contribution in [-0.2, 0) is 4.74 Å². The average molecular weight is 284 g/mol. The molecule has 2 saturated carbocycles. The molecule has 6 atom stereocenters. The van der Waals surface area contributed by atoms with Gasteiger partial charge in [-0.1, -0.05) is 41.0 Å². The molecule has 112 valence electrons. The first-order chi connectivity index (χ1) is 8.88. The molecule has 0 aromatic rings. The van der Waals surface area contributed by atoms with Crippen LogP contribution in [0.2, 0.25) is 0 Å². The summed E-state index contributed by atoms with van der Waals surface area (Å²) in [7, 11) is 2.97. The second kappa shape index (κ2) is 5.64. The molecule has 19 heavy (non-hydrogen) atoms. The van der Waals surface area contributed by atoms with Crippen molar-refractivity contribution >= 4 is 9.24 Å². The Labute approximate surface area is 122 Å². The first-order valence-electron chi connectivity index (χ1n) is 8.35. The summed E-state index contributed by atoms with van der Waals surface area (Å²) in [6.45, 7) is 11.8. The standard InChI is InChI=1S/C17H33OP/c1-6-12(4)16(5)11-13-9-14(16)10-15(13)18-17(19,7-2)8-3/h12-15H,6-11,19H2,1-5H3. The lowest BCUT2D eigenvalue weighted by Crippen LogP contribution is -2.39. The maximum Gasteiger partial charge on any atom is 0.0811 e. The Bertz CT molecular complexity index is 312. The first-order valence-corrected chi connectivity index (χ1v) is 8.93. The monoisotopic (exact) mass is 284 g/mol. The summed E-state index contributed by atoms with van der Waals surface area (Å²) in [4.78, 5) is 0. The smallest absolute Gasteiger partial charge is 0.0811 e. The van der Waals surface area contributed by atoms with E-state index in [1.54, 1.807) is 0 Å². The second-order valence-corrected chi connectivity index (χ2v) is 8.43. The molecule has 2 bridgehead atoms. The van der Waals surface area contributed by atoms with E-state index in [2.05, 4.69) is 43.9 Å². The van der Waals surface area contributed by atoms with Crippen LogP contribution >= 0.6 is 9.24 Å². The molecule has 0 aromatic carbocycles. The molecule has 2 aliphatic carbocycles. The van der Waals surface area contributed by atoms with E-state index in [0.717, 1.165) is 30.6 Å². The summed E-state index contributed by atoms with van der Waals surface area (Å²) in [6.07, 6.45) is 8.17. The van der Waals surface area contributed by atoms with Crippen LogP contribution in [0.15, 0.2) is 0 Å². The van der Waals surface area contributed by atoms with Crippen LogP contribution in [0.5, 0.6) is 0 Å². The van der Waals surface area contributed by atoms with E-state index in [4.69, 9.17) is 4.74 Å². The summed E-state index contributed by atoms with van der Waals surface area (Å²) in [5.41, 5.74) is 0.585. The minimum Gasteiger partial charge on any atom is -0.368 e. The fourth-order valence-electron chi connectivity index (χ4n) is 4.50. The molecule has 0 saturated heterocycles. The Morgan fingerprint density at radius 3 is 2.32 bits per heavy atom. The van der Waals surface area contributed by atoms with E-state index in [-0.39, 0.29) is 5.34 Å². The van der Waals surface area contributed by atoms with Gasteiger partial charge in [-0.2, -0.15) is 0 Å². The van der Waals surface area contributed by atoms with Gasteiger partial charge in [-0.15, -0.1) is 9.24 Å². The Morgan fingerprint density at radius 1 is 1.26 bits per heavy atom. The molecule has 0 spiro atoms.